The number of aryl methyl sites for hydroxylation is 1. The molecule has 4 nitrogen and oxygen atoms in total. The topological polar surface area (TPSA) is 35.1 Å². The zero-order valence-corrected chi connectivity index (χ0v) is 16.2. The van der Waals surface area contributed by atoms with E-state index >= 15 is 0 Å². The van der Waals surface area contributed by atoms with Crippen LogP contribution in [-0.2, 0) is 23.1 Å². The maximum absolute atomic E-state index is 12.7. The highest BCUT2D eigenvalue weighted by Gasteiger charge is 2.34. The van der Waals surface area contributed by atoms with Gasteiger partial charge in [-0.2, -0.15) is 0 Å². The second kappa shape index (κ2) is 7.19. The van der Waals surface area contributed by atoms with Gasteiger partial charge in [-0.15, -0.1) is 0 Å². The van der Waals surface area contributed by atoms with E-state index < -0.39 is 0 Å². The van der Waals surface area contributed by atoms with E-state index in [9.17, 15) is 4.79 Å². The fourth-order valence-corrected chi connectivity index (χ4v) is 4.29. The second-order valence-electron chi connectivity index (χ2n) is 8.04. The summed E-state index contributed by atoms with van der Waals surface area (Å²) in [5.41, 5.74) is 2.22. The Kier molecular flexibility index (Phi) is 5.16. The average Bonchev–Trinajstić information content (AvgIpc) is 2.80. The number of esters is 1. The van der Waals surface area contributed by atoms with Gasteiger partial charge in [0.25, 0.3) is 5.82 Å². The molecule has 1 aromatic heterocycles. The molecule has 136 valence electrons. The zero-order chi connectivity index (χ0) is 18.1. The normalized spacial score (nSPS) is 24.0. The minimum absolute atomic E-state index is 0.0622. The van der Waals surface area contributed by atoms with E-state index in [1.54, 1.807) is 0 Å². The Morgan fingerprint density at radius 2 is 2.04 bits per heavy atom. The highest BCUT2D eigenvalue weighted by Crippen LogP contribution is 2.35. The van der Waals surface area contributed by atoms with E-state index in [1.807, 2.05) is 26.1 Å². The van der Waals surface area contributed by atoms with Crippen LogP contribution < -0.4 is 4.57 Å². The fourth-order valence-electron chi connectivity index (χ4n) is 4.29. The standard InChI is InChI=1S/C21H31N2O2/c1-14(2)17-11-10-15(3)12-20(17)25-21(24)13-23-16(4)22(5)18-8-6-7-9-19(18)23/h6-9,14-15,17,20H,10-13H2,1-5H3/q+1/t15-,17-,20-/m1/s1. The molecule has 0 radical (unpaired) electrons. The van der Waals surface area contributed by atoms with Crippen LogP contribution in [0.5, 0.6) is 0 Å². The first-order valence-electron chi connectivity index (χ1n) is 9.51. The van der Waals surface area contributed by atoms with Crippen molar-refractivity contribution in [3.05, 3.63) is 30.1 Å². The Hall–Kier alpha value is -1.84. The van der Waals surface area contributed by atoms with Crippen molar-refractivity contribution in [1.29, 1.82) is 0 Å². The van der Waals surface area contributed by atoms with Gasteiger partial charge in [0, 0.05) is 6.92 Å². The summed E-state index contributed by atoms with van der Waals surface area (Å²) < 4.78 is 10.2. The number of ether oxygens (including phenoxy) is 1. The molecule has 0 spiro atoms. The van der Waals surface area contributed by atoms with E-state index in [4.69, 9.17) is 4.74 Å². The molecule has 1 aromatic carbocycles. The van der Waals surface area contributed by atoms with Gasteiger partial charge < -0.3 is 4.74 Å². The van der Waals surface area contributed by atoms with Crippen LogP contribution in [0.15, 0.2) is 24.3 Å². The van der Waals surface area contributed by atoms with Crippen LogP contribution in [0.25, 0.3) is 11.0 Å². The molecule has 1 aliphatic carbocycles. The molecule has 0 bridgehead atoms. The first kappa shape index (κ1) is 18.0. The predicted octanol–water partition coefficient (Wildman–Crippen LogP) is 3.78. The first-order chi connectivity index (χ1) is 11.9. The number of imidazole rings is 1. The summed E-state index contributed by atoms with van der Waals surface area (Å²) in [6.45, 7) is 9.08. The highest BCUT2D eigenvalue weighted by atomic mass is 16.5. The lowest BCUT2D eigenvalue weighted by atomic mass is 9.75. The molecule has 1 aliphatic rings. The molecule has 0 unspecified atom stereocenters. The number of fused-ring (bicyclic) bond motifs is 1. The van der Waals surface area contributed by atoms with Crippen molar-refractivity contribution in [2.24, 2.45) is 24.8 Å². The number of para-hydroxylation sites is 2. The van der Waals surface area contributed by atoms with Gasteiger partial charge >= 0.3 is 5.97 Å². The summed E-state index contributed by atoms with van der Waals surface area (Å²) in [7, 11) is 2.04. The molecule has 0 N–H and O–H groups in total. The summed E-state index contributed by atoms with van der Waals surface area (Å²) in [5, 5.41) is 0. The van der Waals surface area contributed by atoms with Crippen LogP contribution >= 0.6 is 0 Å². The van der Waals surface area contributed by atoms with E-state index in [-0.39, 0.29) is 18.6 Å². The molecule has 25 heavy (non-hydrogen) atoms. The quantitative estimate of drug-likeness (QED) is 0.625. The summed E-state index contributed by atoms with van der Waals surface area (Å²) in [6.07, 6.45) is 3.46. The van der Waals surface area contributed by atoms with Crippen molar-refractivity contribution in [2.45, 2.75) is 59.6 Å². The third kappa shape index (κ3) is 3.58. The van der Waals surface area contributed by atoms with Gasteiger partial charge in [0.2, 0.25) is 0 Å². The van der Waals surface area contributed by atoms with Crippen LogP contribution in [0.4, 0.5) is 0 Å². The van der Waals surface area contributed by atoms with Gasteiger partial charge in [0.05, 0.1) is 7.05 Å². The highest BCUT2D eigenvalue weighted by molar-refractivity contribution is 5.76. The summed E-state index contributed by atoms with van der Waals surface area (Å²) in [4.78, 5) is 12.7. The number of carbonyl (C=O) groups is 1. The summed E-state index contributed by atoms with van der Waals surface area (Å²) in [5.74, 6) is 2.63. The number of rotatable bonds is 4. The monoisotopic (exact) mass is 343 g/mol. The fraction of sp³-hybridized carbons (Fsp3) is 0.619. The Bertz CT molecular complexity index is 763. The Morgan fingerprint density at radius 1 is 1.32 bits per heavy atom. The number of hydrogen-bond donors (Lipinski definition) is 0. The van der Waals surface area contributed by atoms with Gasteiger partial charge in [-0.1, -0.05) is 39.3 Å². The van der Waals surface area contributed by atoms with Crippen molar-refractivity contribution in [2.75, 3.05) is 0 Å². The molecule has 1 saturated carbocycles. The number of hydrogen-bond acceptors (Lipinski definition) is 2. The van der Waals surface area contributed by atoms with Crippen molar-refractivity contribution < 1.29 is 14.1 Å². The molecule has 1 heterocycles. The van der Waals surface area contributed by atoms with E-state index in [1.165, 1.54) is 6.42 Å². The molecule has 0 amide bonds. The van der Waals surface area contributed by atoms with Gasteiger partial charge in [-0.05, 0) is 42.7 Å². The zero-order valence-electron chi connectivity index (χ0n) is 16.2. The van der Waals surface area contributed by atoms with Gasteiger partial charge in [-0.25, -0.2) is 13.9 Å². The van der Waals surface area contributed by atoms with Crippen molar-refractivity contribution >= 4 is 17.0 Å². The number of aromatic nitrogens is 2. The number of carbonyl (C=O) groups excluding carboxylic acids is 1. The molecule has 0 aliphatic heterocycles. The summed E-state index contributed by atoms with van der Waals surface area (Å²) >= 11 is 0. The minimum Gasteiger partial charge on any atom is -0.459 e. The average molecular weight is 343 g/mol. The molecule has 4 heteroatoms. The largest absolute Gasteiger partial charge is 0.459 e. The minimum atomic E-state index is -0.116. The third-order valence-electron chi connectivity index (χ3n) is 5.94. The van der Waals surface area contributed by atoms with Crippen LogP contribution in [0, 0.1) is 24.7 Å². The van der Waals surface area contributed by atoms with Crippen LogP contribution in [0.2, 0.25) is 0 Å². The molecule has 0 saturated heterocycles. The smallest absolute Gasteiger partial charge is 0.348 e. The van der Waals surface area contributed by atoms with E-state index in [0.717, 1.165) is 29.7 Å². The van der Waals surface area contributed by atoms with Crippen molar-refractivity contribution in [3.63, 3.8) is 0 Å². The second-order valence-corrected chi connectivity index (χ2v) is 8.04. The van der Waals surface area contributed by atoms with Gasteiger partial charge in [0.1, 0.15) is 6.10 Å². The lowest BCUT2D eigenvalue weighted by Crippen LogP contribution is -2.37. The van der Waals surface area contributed by atoms with E-state index in [0.29, 0.717) is 17.8 Å². The molecule has 3 atom stereocenters. The van der Waals surface area contributed by atoms with Gasteiger partial charge in [0.15, 0.2) is 17.6 Å². The molecule has 2 aromatic rings. The molecule has 3 rings (SSSR count). The van der Waals surface area contributed by atoms with Crippen molar-refractivity contribution in [1.82, 2.24) is 4.57 Å². The molecular weight excluding hydrogens is 312 g/mol. The Labute approximate surface area is 150 Å². The Morgan fingerprint density at radius 3 is 2.76 bits per heavy atom. The van der Waals surface area contributed by atoms with Crippen LogP contribution in [0.1, 0.15) is 45.9 Å². The number of benzene rings is 1. The maximum atomic E-state index is 12.7. The van der Waals surface area contributed by atoms with E-state index in [2.05, 4.69) is 42.0 Å². The molecular formula is C21H31N2O2+. The summed E-state index contributed by atoms with van der Waals surface area (Å²) in [6, 6.07) is 8.19. The van der Waals surface area contributed by atoms with Crippen LogP contribution in [-0.4, -0.2) is 16.6 Å². The lowest BCUT2D eigenvalue weighted by Gasteiger charge is -2.36. The first-order valence-corrected chi connectivity index (χ1v) is 9.51. The third-order valence-corrected chi connectivity index (χ3v) is 5.94. The van der Waals surface area contributed by atoms with Gasteiger partial charge in [-0.3, -0.25) is 0 Å². The van der Waals surface area contributed by atoms with Crippen molar-refractivity contribution in [3.8, 4) is 0 Å². The number of nitrogens with zero attached hydrogens (tertiary/aromatic N) is 2. The maximum Gasteiger partial charge on any atom is 0.348 e. The van der Waals surface area contributed by atoms with Crippen LogP contribution in [0.3, 0.4) is 0 Å². The Balaban J connectivity index is 1.77. The predicted molar refractivity (Wildman–Crippen MR) is 99.1 cm³/mol. The lowest BCUT2D eigenvalue weighted by molar-refractivity contribution is -0.652. The SMILES string of the molecule is Cc1n(CC(=O)O[C@@H]2C[C@H](C)CC[C@@H]2C(C)C)c2ccccc2[n+]1C. The molecule has 1 fully saturated rings.